The van der Waals surface area contributed by atoms with Crippen molar-refractivity contribution < 1.29 is 14.6 Å². The molecule has 1 saturated heterocycles. The van der Waals surface area contributed by atoms with Gasteiger partial charge in [0.2, 0.25) is 0 Å². The number of halogens is 1. The number of hydrogen-bond acceptors (Lipinski definition) is 6. The molecule has 1 fully saturated rings. The van der Waals surface area contributed by atoms with Gasteiger partial charge in [-0.1, -0.05) is 11.6 Å². The van der Waals surface area contributed by atoms with Crippen LogP contribution in [-0.4, -0.2) is 65.1 Å². The molecule has 38 heavy (non-hydrogen) atoms. The quantitative estimate of drug-likeness (QED) is 0.414. The van der Waals surface area contributed by atoms with Crippen LogP contribution in [0.1, 0.15) is 23.6 Å². The summed E-state index contributed by atoms with van der Waals surface area (Å²) < 4.78 is 10.2. The number of aryl methyl sites for hydroxylation is 2. The van der Waals surface area contributed by atoms with E-state index in [9.17, 15) is 19.5 Å². The fourth-order valence-corrected chi connectivity index (χ4v) is 5.18. The standard InChI is InChI=1S/C26H27ClN6O5/c1-15-6-18(27)8-21(20(15)9-19-12-31(26(36)37)16(2)13-38-19)24-22-7-17(11-33(22)29-14-28-24)10-32-23(34)4-5-30(3)25(32)35/h4-8,11,14,16,19H,9-10,12-13H2,1-3H3,(H,36,37)/t16-,19?/m0/s1. The van der Waals surface area contributed by atoms with E-state index in [1.807, 2.05) is 32.0 Å². The van der Waals surface area contributed by atoms with Gasteiger partial charge in [-0.05, 0) is 48.7 Å². The number of benzene rings is 1. The molecule has 1 amide bonds. The summed E-state index contributed by atoms with van der Waals surface area (Å²) in [7, 11) is 1.59. The Morgan fingerprint density at radius 3 is 2.82 bits per heavy atom. The minimum Gasteiger partial charge on any atom is -0.465 e. The van der Waals surface area contributed by atoms with Crippen molar-refractivity contribution >= 4 is 23.2 Å². The minimum absolute atomic E-state index is 0.0791. The molecule has 5 rings (SSSR count). The monoisotopic (exact) mass is 538 g/mol. The van der Waals surface area contributed by atoms with Crippen LogP contribution in [0.25, 0.3) is 16.8 Å². The van der Waals surface area contributed by atoms with E-state index in [2.05, 4.69) is 10.1 Å². The number of carbonyl (C=O) groups is 1. The number of amides is 1. The van der Waals surface area contributed by atoms with Crippen LogP contribution in [0.4, 0.5) is 4.79 Å². The third-order valence-electron chi connectivity index (χ3n) is 6.92. The summed E-state index contributed by atoms with van der Waals surface area (Å²) in [5.41, 5.74) is 3.86. The molecule has 1 N–H and O–H groups in total. The zero-order chi connectivity index (χ0) is 27.1. The summed E-state index contributed by atoms with van der Waals surface area (Å²) in [5, 5.41) is 14.4. The van der Waals surface area contributed by atoms with Crippen LogP contribution < -0.4 is 11.2 Å². The molecule has 3 aromatic heterocycles. The molecule has 0 spiro atoms. The van der Waals surface area contributed by atoms with Crippen LogP contribution >= 0.6 is 11.6 Å². The van der Waals surface area contributed by atoms with Crippen molar-refractivity contribution in [2.45, 2.75) is 39.0 Å². The van der Waals surface area contributed by atoms with Gasteiger partial charge >= 0.3 is 11.8 Å². The largest absolute Gasteiger partial charge is 0.465 e. The van der Waals surface area contributed by atoms with Gasteiger partial charge in [-0.3, -0.25) is 9.36 Å². The third kappa shape index (κ3) is 4.82. The molecule has 0 saturated carbocycles. The molecule has 0 bridgehead atoms. The van der Waals surface area contributed by atoms with Crippen molar-refractivity contribution in [3.8, 4) is 11.3 Å². The lowest BCUT2D eigenvalue weighted by atomic mass is 9.93. The van der Waals surface area contributed by atoms with Crippen LogP contribution in [0.3, 0.4) is 0 Å². The van der Waals surface area contributed by atoms with E-state index < -0.39 is 11.8 Å². The number of morpholine rings is 1. The summed E-state index contributed by atoms with van der Waals surface area (Å²) in [5.74, 6) is 0. The van der Waals surface area contributed by atoms with E-state index in [0.29, 0.717) is 34.8 Å². The number of ether oxygens (including phenoxy) is 1. The average molecular weight is 539 g/mol. The maximum atomic E-state index is 12.5. The number of aromatic nitrogens is 5. The molecule has 1 unspecified atom stereocenters. The summed E-state index contributed by atoms with van der Waals surface area (Å²) >= 11 is 6.47. The van der Waals surface area contributed by atoms with E-state index in [4.69, 9.17) is 16.3 Å². The fraction of sp³-hybridized carbons (Fsp3) is 0.346. The molecule has 2 atom stereocenters. The Kier molecular flexibility index (Phi) is 6.80. The second-order valence-corrected chi connectivity index (χ2v) is 10.0. The van der Waals surface area contributed by atoms with Gasteiger partial charge in [-0.25, -0.2) is 19.1 Å². The zero-order valence-corrected chi connectivity index (χ0v) is 21.9. The molecule has 4 heterocycles. The van der Waals surface area contributed by atoms with Gasteiger partial charge in [-0.15, -0.1) is 0 Å². The van der Waals surface area contributed by atoms with E-state index in [1.54, 1.807) is 17.8 Å². The molecular formula is C26H27ClN6O5. The second-order valence-electron chi connectivity index (χ2n) is 9.61. The minimum atomic E-state index is -0.968. The lowest BCUT2D eigenvalue weighted by Crippen LogP contribution is -2.51. The van der Waals surface area contributed by atoms with Gasteiger partial charge in [0.25, 0.3) is 5.56 Å². The van der Waals surface area contributed by atoms with Crippen molar-refractivity contribution in [1.82, 2.24) is 28.6 Å². The van der Waals surface area contributed by atoms with Gasteiger partial charge in [0.05, 0.1) is 43.1 Å². The van der Waals surface area contributed by atoms with Crippen LogP contribution in [0.5, 0.6) is 0 Å². The Balaban J connectivity index is 1.55. The summed E-state index contributed by atoms with van der Waals surface area (Å²) in [6.07, 6.45) is 3.80. The zero-order valence-electron chi connectivity index (χ0n) is 21.2. The predicted octanol–water partition coefficient (Wildman–Crippen LogP) is 2.58. The summed E-state index contributed by atoms with van der Waals surface area (Å²) in [6.45, 7) is 4.43. The Morgan fingerprint density at radius 1 is 1.26 bits per heavy atom. The number of carboxylic acid groups (broad SMARTS) is 1. The predicted molar refractivity (Wildman–Crippen MR) is 141 cm³/mol. The highest BCUT2D eigenvalue weighted by Gasteiger charge is 2.30. The van der Waals surface area contributed by atoms with Crippen molar-refractivity contribution in [1.29, 1.82) is 0 Å². The normalized spacial score (nSPS) is 17.7. The number of nitrogens with zero attached hydrogens (tertiary/aromatic N) is 6. The summed E-state index contributed by atoms with van der Waals surface area (Å²) in [6, 6.07) is 6.67. The fourth-order valence-electron chi connectivity index (χ4n) is 4.91. The van der Waals surface area contributed by atoms with Crippen molar-refractivity contribution in [2.75, 3.05) is 13.2 Å². The van der Waals surface area contributed by atoms with E-state index >= 15 is 0 Å². The van der Waals surface area contributed by atoms with Crippen LogP contribution in [0.2, 0.25) is 5.02 Å². The highest BCUT2D eigenvalue weighted by atomic mass is 35.5. The van der Waals surface area contributed by atoms with Gasteiger partial charge in [0.15, 0.2) is 0 Å². The van der Waals surface area contributed by atoms with Gasteiger partial charge in [0.1, 0.15) is 6.33 Å². The molecule has 1 aromatic carbocycles. The first-order chi connectivity index (χ1) is 18.1. The van der Waals surface area contributed by atoms with E-state index in [-0.39, 0.29) is 30.8 Å². The summed E-state index contributed by atoms with van der Waals surface area (Å²) in [4.78, 5) is 42.5. The number of fused-ring (bicyclic) bond motifs is 1. The highest BCUT2D eigenvalue weighted by Crippen LogP contribution is 2.33. The molecule has 1 aliphatic rings. The topological polar surface area (TPSA) is 124 Å². The van der Waals surface area contributed by atoms with Gasteiger partial charge < -0.3 is 19.3 Å². The second kappa shape index (κ2) is 10.1. The maximum Gasteiger partial charge on any atom is 0.407 e. The molecule has 12 heteroatoms. The van der Waals surface area contributed by atoms with Gasteiger partial charge in [0, 0.05) is 42.5 Å². The molecule has 198 valence electrons. The first-order valence-corrected chi connectivity index (χ1v) is 12.5. The lowest BCUT2D eigenvalue weighted by molar-refractivity contribution is -0.0481. The molecular weight excluding hydrogens is 512 g/mol. The van der Waals surface area contributed by atoms with Crippen LogP contribution in [0, 0.1) is 6.92 Å². The van der Waals surface area contributed by atoms with Crippen molar-refractivity contribution in [3.63, 3.8) is 0 Å². The smallest absolute Gasteiger partial charge is 0.407 e. The van der Waals surface area contributed by atoms with Crippen molar-refractivity contribution in [2.24, 2.45) is 7.05 Å². The number of hydrogen-bond donors (Lipinski definition) is 1. The molecule has 0 radical (unpaired) electrons. The molecule has 11 nitrogen and oxygen atoms in total. The molecule has 1 aliphatic heterocycles. The highest BCUT2D eigenvalue weighted by molar-refractivity contribution is 6.31. The Hall–Kier alpha value is -3.96. The number of rotatable bonds is 5. The third-order valence-corrected chi connectivity index (χ3v) is 7.14. The average Bonchev–Trinajstić information content (AvgIpc) is 3.29. The Morgan fingerprint density at radius 2 is 2.05 bits per heavy atom. The molecule has 4 aromatic rings. The lowest BCUT2D eigenvalue weighted by Gasteiger charge is -2.36. The first-order valence-electron chi connectivity index (χ1n) is 12.1. The van der Waals surface area contributed by atoms with E-state index in [1.165, 1.54) is 28.1 Å². The maximum absolute atomic E-state index is 12.5. The van der Waals surface area contributed by atoms with Crippen LogP contribution in [0.15, 0.2) is 52.6 Å². The van der Waals surface area contributed by atoms with Gasteiger partial charge in [-0.2, -0.15) is 5.10 Å². The Labute approximate surface area is 222 Å². The molecule has 0 aliphatic carbocycles. The first kappa shape index (κ1) is 25.7. The van der Waals surface area contributed by atoms with Crippen LogP contribution in [-0.2, 0) is 24.8 Å². The van der Waals surface area contributed by atoms with E-state index in [0.717, 1.165) is 21.3 Å². The SMILES string of the molecule is Cc1cc(Cl)cc(-c2ncnn3cc(Cn4c(=O)ccn(C)c4=O)cc23)c1CC1CN(C(=O)O)[C@@H](C)CO1. The van der Waals surface area contributed by atoms with Crippen molar-refractivity contribution in [3.05, 3.63) is 85.5 Å². The Bertz CT molecular complexity index is 1660.